The van der Waals surface area contributed by atoms with Crippen molar-refractivity contribution in [3.05, 3.63) is 0 Å². The van der Waals surface area contributed by atoms with E-state index in [-0.39, 0.29) is 11.9 Å². The molecule has 3 aliphatic rings. The monoisotopic (exact) mass is 324 g/mol. The molecule has 0 spiro atoms. The van der Waals surface area contributed by atoms with E-state index in [1.165, 1.54) is 32.1 Å². The Morgan fingerprint density at radius 2 is 1.91 bits per heavy atom. The fourth-order valence-corrected chi connectivity index (χ4v) is 4.30. The lowest BCUT2D eigenvalue weighted by atomic mass is 9.76. The third-order valence-electron chi connectivity index (χ3n) is 5.89. The summed E-state index contributed by atoms with van der Waals surface area (Å²) in [4.78, 5) is 14.3. The van der Waals surface area contributed by atoms with Crippen LogP contribution in [0.5, 0.6) is 0 Å². The number of hydrogen-bond donors (Lipinski definition) is 4. The maximum atomic E-state index is 12.4. The fourth-order valence-electron chi connectivity index (χ4n) is 4.30. The van der Waals surface area contributed by atoms with E-state index in [1.807, 2.05) is 4.90 Å². The Bertz CT molecular complexity index is 388. The molecule has 1 amide bonds. The van der Waals surface area contributed by atoms with Crippen molar-refractivity contribution >= 4 is 5.91 Å². The van der Waals surface area contributed by atoms with Crippen LogP contribution in [-0.4, -0.2) is 66.8 Å². The number of aliphatic hydroxyl groups excluding tert-OH is 1. The van der Waals surface area contributed by atoms with E-state index >= 15 is 0 Å². The van der Waals surface area contributed by atoms with E-state index in [0.29, 0.717) is 12.3 Å². The summed E-state index contributed by atoms with van der Waals surface area (Å²) in [5.41, 5.74) is 6.06. The Hall–Kier alpha value is -0.690. The van der Waals surface area contributed by atoms with Gasteiger partial charge in [0, 0.05) is 38.8 Å². The minimum absolute atomic E-state index is 0.00558. The number of nitrogens with zero attached hydrogens (tertiary/aromatic N) is 1. The number of carbonyl (C=O) groups excluding carboxylic acids is 1. The number of rotatable bonds is 5. The summed E-state index contributed by atoms with van der Waals surface area (Å²) in [6.07, 6.45) is 6.50. The van der Waals surface area contributed by atoms with Crippen LogP contribution in [0.15, 0.2) is 0 Å². The minimum Gasteiger partial charge on any atom is -0.391 e. The second-order valence-corrected chi connectivity index (χ2v) is 7.58. The molecular weight excluding hydrogens is 292 g/mol. The van der Waals surface area contributed by atoms with Crippen molar-refractivity contribution in [3.8, 4) is 0 Å². The lowest BCUT2D eigenvalue weighted by Crippen LogP contribution is -2.59. The van der Waals surface area contributed by atoms with Crippen LogP contribution < -0.4 is 16.4 Å². The van der Waals surface area contributed by atoms with Gasteiger partial charge in [-0.15, -0.1) is 0 Å². The molecule has 1 aliphatic carbocycles. The molecule has 2 saturated heterocycles. The average Bonchev–Trinajstić information content (AvgIpc) is 2.55. The maximum absolute atomic E-state index is 12.4. The molecular formula is C17H32N4O2. The van der Waals surface area contributed by atoms with Crippen LogP contribution in [0.25, 0.3) is 0 Å². The lowest BCUT2D eigenvalue weighted by molar-refractivity contribution is -0.141. The summed E-state index contributed by atoms with van der Waals surface area (Å²) < 4.78 is 0. The molecule has 132 valence electrons. The molecule has 0 aromatic heterocycles. The van der Waals surface area contributed by atoms with E-state index < -0.39 is 12.1 Å². The Morgan fingerprint density at radius 1 is 1.17 bits per heavy atom. The van der Waals surface area contributed by atoms with Crippen molar-refractivity contribution in [1.82, 2.24) is 15.5 Å². The average molecular weight is 324 g/mol. The Kier molecular flexibility index (Phi) is 5.91. The number of piperazine rings is 1. The summed E-state index contributed by atoms with van der Waals surface area (Å²) in [6, 6.07) is -0.588. The van der Waals surface area contributed by atoms with Gasteiger partial charge in [0.2, 0.25) is 5.91 Å². The number of carbonyl (C=O) groups is 1. The van der Waals surface area contributed by atoms with Crippen molar-refractivity contribution < 1.29 is 9.90 Å². The summed E-state index contributed by atoms with van der Waals surface area (Å²) in [6.45, 7) is 4.24. The molecule has 2 aliphatic heterocycles. The molecule has 23 heavy (non-hydrogen) atoms. The molecule has 0 aromatic rings. The SMILES string of the molecule is NC(CC(O)C1CNCCN1)C(=O)N1CC(C2CCCCC2)C1. The second kappa shape index (κ2) is 7.92. The van der Waals surface area contributed by atoms with Gasteiger partial charge in [0.25, 0.3) is 0 Å². The number of hydrogen-bond acceptors (Lipinski definition) is 5. The summed E-state index contributed by atoms with van der Waals surface area (Å²) in [5, 5.41) is 16.8. The summed E-state index contributed by atoms with van der Waals surface area (Å²) >= 11 is 0. The first kappa shape index (κ1) is 17.1. The zero-order valence-corrected chi connectivity index (χ0v) is 14.0. The van der Waals surface area contributed by atoms with Gasteiger partial charge in [0.1, 0.15) is 0 Å². The summed E-state index contributed by atoms with van der Waals surface area (Å²) in [5.74, 6) is 1.51. The highest BCUT2D eigenvalue weighted by Crippen LogP contribution is 2.35. The van der Waals surface area contributed by atoms with Gasteiger partial charge in [-0.3, -0.25) is 4.79 Å². The zero-order chi connectivity index (χ0) is 16.2. The first-order chi connectivity index (χ1) is 11.1. The molecule has 5 N–H and O–H groups in total. The molecule has 1 saturated carbocycles. The fraction of sp³-hybridized carbons (Fsp3) is 0.941. The van der Waals surface area contributed by atoms with E-state index in [0.717, 1.165) is 38.6 Å². The Balaban J connectivity index is 1.39. The molecule has 3 unspecified atom stereocenters. The Morgan fingerprint density at radius 3 is 2.57 bits per heavy atom. The smallest absolute Gasteiger partial charge is 0.239 e. The zero-order valence-electron chi connectivity index (χ0n) is 14.0. The minimum atomic E-state index is -0.582. The van der Waals surface area contributed by atoms with Crippen molar-refractivity contribution in [1.29, 1.82) is 0 Å². The van der Waals surface area contributed by atoms with Gasteiger partial charge in [-0.2, -0.15) is 0 Å². The highest BCUT2D eigenvalue weighted by molar-refractivity contribution is 5.82. The molecule has 3 rings (SSSR count). The van der Waals surface area contributed by atoms with Gasteiger partial charge < -0.3 is 26.4 Å². The van der Waals surface area contributed by atoms with Crippen LogP contribution in [0.2, 0.25) is 0 Å². The number of aliphatic hydroxyl groups is 1. The normalized spacial score (nSPS) is 29.8. The lowest BCUT2D eigenvalue weighted by Gasteiger charge is -2.45. The van der Waals surface area contributed by atoms with E-state index in [9.17, 15) is 9.90 Å². The molecule has 2 heterocycles. The van der Waals surface area contributed by atoms with Crippen molar-refractivity contribution in [3.63, 3.8) is 0 Å². The highest BCUT2D eigenvalue weighted by atomic mass is 16.3. The highest BCUT2D eigenvalue weighted by Gasteiger charge is 2.38. The molecule has 0 aromatic carbocycles. The largest absolute Gasteiger partial charge is 0.391 e. The Labute approximate surface area is 139 Å². The first-order valence-electron chi connectivity index (χ1n) is 9.31. The van der Waals surface area contributed by atoms with Crippen LogP contribution >= 0.6 is 0 Å². The quantitative estimate of drug-likeness (QED) is 0.556. The van der Waals surface area contributed by atoms with Crippen molar-refractivity contribution in [2.75, 3.05) is 32.7 Å². The maximum Gasteiger partial charge on any atom is 0.239 e. The van der Waals surface area contributed by atoms with Crippen molar-refractivity contribution in [2.45, 2.75) is 56.7 Å². The topological polar surface area (TPSA) is 90.6 Å². The number of nitrogens with one attached hydrogen (secondary N) is 2. The first-order valence-corrected chi connectivity index (χ1v) is 9.31. The molecule has 0 bridgehead atoms. The second-order valence-electron chi connectivity index (χ2n) is 7.58. The van der Waals surface area contributed by atoms with E-state index in [4.69, 9.17) is 5.73 Å². The number of nitrogens with two attached hydrogens (primary N) is 1. The third kappa shape index (κ3) is 4.24. The van der Waals surface area contributed by atoms with Crippen LogP contribution in [0, 0.1) is 11.8 Å². The van der Waals surface area contributed by atoms with Crippen LogP contribution in [-0.2, 0) is 4.79 Å². The predicted octanol–water partition coefficient (Wildman–Crippen LogP) is -0.335. The van der Waals surface area contributed by atoms with Crippen LogP contribution in [0.3, 0.4) is 0 Å². The van der Waals surface area contributed by atoms with Crippen LogP contribution in [0.1, 0.15) is 38.5 Å². The molecule has 6 heteroatoms. The van der Waals surface area contributed by atoms with E-state index in [2.05, 4.69) is 10.6 Å². The molecule has 6 nitrogen and oxygen atoms in total. The molecule has 3 atom stereocenters. The standard InChI is InChI=1S/C17H32N4O2/c18-14(8-16(22)15-9-19-6-7-20-15)17(23)21-10-13(11-21)12-4-2-1-3-5-12/h12-16,19-20,22H,1-11,18H2. The number of likely N-dealkylation sites (tertiary alicyclic amines) is 1. The van der Waals surface area contributed by atoms with Gasteiger partial charge in [-0.25, -0.2) is 0 Å². The van der Waals surface area contributed by atoms with Gasteiger partial charge in [0.15, 0.2) is 0 Å². The van der Waals surface area contributed by atoms with Gasteiger partial charge in [-0.1, -0.05) is 32.1 Å². The molecule has 3 fully saturated rings. The van der Waals surface area contributed by atoms with E-state index in [1.54, 1.807) is 0 Å². The van der Waals surface area contributed by atoms with Gasteiger partial charge in [0.05, 0.1) is 12.1 Å². The van der Waals surface area contributed by atoms with Crippen molar-refractivity contribution in [2.24, 2.45) is 17.6 Å². The van der Waals surface area contributed by atoms with Gasteiger partial charge in [-0.05, 0) is 18.3 Å². The third-order valence-corrected chi connectivity index (χ3v) is 5.89. The van der Waals surface area contributed by atoms with Crippen LogP contribution in [0.4, 0.5) is 0 Å². The summed E-state index contributed by atoms with van der Waals surface area (Å²) in [7, 11) is 0. The number of amides is 1. The molecule has 0 radical (unpaired) electrons. The van der Waals surface area contributed by atoms with Gasteiger partial charge >= 0.3 is 0 Å². The predicted molar refractivity (Wildman–Crippen MR) is 89.9 cm³/mol.